The van der Waals surface area contributed by atoms with E-state index in [1.165, 1.54) is 0 Å². The van der Waals surface area contributed by atoms with Crippen molar-refractivity contribution in [1.29, 1.82) is 0 Å². The van der Waals surface area contributed by atoms with Crippen LogP contribution in [0.2, 0.25) is 0 Å². The van der Waals surface area contributed by atoms with Gasteiger partial charge in [-0.15, -0.1) is 6.58 Å². The lowest BCUT2D eigenvalue weighted by atomic mass is 10.0. The smallest absolute Gasteiger partial charge is 0.236 e. The summed E-state index contributed by atoms with van der Waals surface area (Å²) >= 11 is 0. The van der Waals surface area contributed by atoms with Crippen molar-refractivity contribution in [2.75, 3.05) is 13.7 Å². The fraction of sp³-hybridized carbons (Fsp3) is 0.750. The number of amides is 1. The van der Waals surface area contributed by atoms with E-state index in [-0.39, 0.29) is 5.91 Å². The molecule has 0 aromatic carbocycles. The van der Waals surface area contributed by atoms with E-state index >= 15 is 0 Å². The zero-order chi connectivity index (χ0) is 12.4. The summed E-state index contributed by atoms with van der Waals surface area (Å²) in [5.74, 6) is -0.360. The van der Waals surface area contributed by atoms with Crippen molar-refractivity contribution in [2.24, 2.45) is 5.73 Å². The van der Waals surface area contributed by atoms with Crippen molar-refractivity contribution in [3.63, 3.8) is 0 Å². The Morgan fingerprint density at radius 1 is 1.56 bits per heavy atom. The number of allylic oxidation sites excluding steroid dienone is 1. The van der Waals surface area contributed by atoms with Crippen LogP contribution < -0.4 is 11.1 Å². The van der Waals surface area contributed by atoms with E-state index in [2.05, 4.69) is 18.8 Å². The summed E-state index contributed by atoms with van der Waals surface area (Å²) in [5.41, 5.74) is 5.29. The van der Waals surface area contributed by atoms with Crippen LogP contribution in [0.15, 0.2) is 12.7 Å². The Balaban J connectivity index is 4.19. The summed E-state index contributed by atoms with van der Waals surface area (Å²) in [5, 5.41) is 3.24. The van der Waals surface area contributed by atoms with Crippen LogP contribution in [0.4, 0.5) is 0 Å². The molecule has 0 aliphatic carbocycles. The SMILES string of the molecule is C=CCCC(CCC)NC(COC)C(N)=O. The van der Waals surface area contributed by atoms with Gasteiger partial charge in [0, 0.05) is 13.2 Å². The van der Waals surface area contributed by atoms with Crippen molar-refractivity contribution >= 4 is 5.91 Å². The number of nitrogens with one attached hydrogen (secondary N) is 1. The van der Waals surface area contributed by atoms with Gasteiger partial charge in [-0.1, -0.05) is 19.4 Å². The largest absolute Gasteiger partial charge is 0.383 e. The first-order chi connectivity index (χ1) is 7.65. The number of methoxy groups -OCH3 is 1. The Labute approximate surface area is 98.2 Å². The van der Waals surface area contributed by atoms with Crippen LogP contribution in [0.5, 0.6) is 0 Å². The Morgan fingerprint density at radius 3 is 2.69 bits per heavy atom. The average molecular weight is 228 g/mol. The molecule has 4 heteroatoms. The summed E-state index contributed by atoms with van der Waals surface area (Å²) in [6.45, 7) is 6.15. The van der Waals surface area contributed by atoms with Gasteiger partial charge in [0.1, 0.15) is 6.04 Å². The first kappa shape index (κ1) is 15.1. The van der Waals surface area contributed by atoms with Crippen molar-refractivity contribution in [2.45, 2.75) is 44.7 Å². The number of carbonyl (C=O) groups is 1. The van der Waals surface area contributed by atoms with Crippen molar-refractivity contribution < 1.29 is 9.53 Å². The summed E-state index contributed by atoms with van der Waals surface area (Å²) in [6.07, 6.45) is 5.91. The molecule has 0 aromatic rings. The molecule has 3 N–H and O–H groups in total. The Morgan fingerprint density at radius 2 is 2.25 bits per heavy atom. The minimum atomic E-state index is -0.397. The van der Waals surface area contributed by atoms with Crippen LogP contribution >= 0.6 is 0 Å². The number of nitrogens with two attached hydrogens (primary N) is 1. The van der Waals surface area contributed by atoms with Crippen LogP contribution in [0.3, 0.4) is 0 Å². The van der Waals surface area contributed by atoms with Gasteiger partial charge in [0.2, 0.25) is 5.91 Å². The third-order valence-corrected chi connectivity index (χ3v) is 2.47. The molecule has 0 aliphatic heterocycles. The number of ether oxygens (including phenoxy) is 1. The molecular formula is C12H24N2O2. The van der Waals surface area contributed by atoms with Gasteiger partial charge in [0.15, 0.2) is 0 Å². The number of carbonyl (C=O) groups excluding carboxylic acids is 1. The van der Waals surface area contributed by atoms with Gasteiger partial charge in [-0.3, -0.25) is 4.79 Å². The fourth-order valence-corrected chi connectivity index (χ4v) is 1.64. The van der Waals surface area contributed by atoms with E-state index in [9.17, 15) is 4.79 Å². The molecule has 0 saturated carbocycles. The van der Waals surface area contributed by atoms with Crippen molar-refractivity contribution in [1.82, 2.24) is 5.32 Å². The maximum Gasteiger partial charge on any atom is 0.236 e. The molecule has 0 aliphatic rings. The van der Waals surface area contributed by atoms with E-state index in [4.69, 9.17) is 10.5 Å². The van der Waals surface area contributed by atoms with E-state index in [0.717, 1.165) is 25.7 Å². The average Bonchev–Trinajstić information content (AvgIpc) is 2.25. The number of hydrogen-bond acceptors (Lipinski definition) is 3. The van der Waals surface area contributed by atoms with E-state index in [1.807, 2.05) is 6.08 Å². The van der Waals surface area contributed by atoms with Gasteiger partial charge >= 0.3 is 0 Å². The van der Waals surface area contributed by atoms with Crippen molar-refractivity contribution in [3.05, 3.63) is 12.7 Å². The Kier molecular flexibility index (Phi) is 8.85. The van der Waals surface area contributed by atoms with Crippen LogP contribution in [0, 0.1) is 0 Å². The minimum absolute atomic E-state index is 0.302. The zero-order valence-electron chi connectivity index (χ0n) is 10.4. The van der Waals surface area contributed by atoms with Crippen molar-refractivity contribution in [3.8, 4) is 0 Å². The highest BCUT2D eigenvalue weighted by atomic mass is 16.5. The van der Waals surface area contributed by atoms with E-state index in [0.29, 0.717) is 12.6 Å². The van der Waals surface area contributed by atoms with Crippen LogP contribution in [0.1, 0.15) is 32.6 Å². The maximum atomic E-state index is 11.2. The molecule has 4 nitrogen and oxygen atoms in total. The summed E-state index contributed by atoms with van der Waals surface area (Å²) in [7, 11) is 1.57. The van der Waals surface area contributed by atoms with Crippen LogP contribution in [-0.4, -0.2) is 31.7 Å². The van der Waals surface area contributed by atoms with Crippen LogP contribution in [-0.2, 0) is 9.53 Å². The molecule has 94 valence electrons. The summed E-state index contributed by atoms with van der Waals surface area (Å²) in [6, 6.07) is -0.0954. The predicted octanol–water partition coefficient (Wildman–Crippen LogP) is 1.21. The normalized spacial score (nSPS) is 14.4. The third kappa shape index (κ3) is 6.58. The van der Waals surface area contributed by atoms with Gasteiger partial charge in [-0.2, -0.15) is 0 Å². The predicted molar refractivity (Wildman–Crippen MR) is 66.1 cm³/mol. The highest BCUT2D eigenvalue weighted by Crippen LogP contribution is 2.06. The molecule has 0 aromatic heterocycles. The molecule has 0 spiro atoms. The number of hydrogen-bond donors (Lipinski definition) is 2. The molecule has 0 fully saturated rings. The molecule has 16 heavy (non-hydrogen) atoms. The molecular weight excluding hydrogens is 204 g/mol. The molecule has 0 heterocycles. The Bertz CT molecular complexity index is 207. The van der Waals surface area contributed by atoms with Gasteiger partial charge in [-0.05, 0) is 19.3 Å². The number of rotatable bonds is 10. The third-order valence-electron chi connectivity index (χ3n) is 2.47. The molecule has 0 bridgehead atoms. The highest BCUT2D eigenvalue weighted by Gasteiger charge is 2.18. The first-order valence-corrected chi connectivity index (χ1v) is 5.80. The van der Waals surface area contributed by atoms with Gasteiger partial charge in [0.25, 0.3) is 0 Å². The second-order valence-electron chi connectivity index (χ2n) is 3.93. The lowest BCUT2D eigenvalue weighted by molar-refractivity contribution is -0.121. The second-order valence-corrected chi connectivity index (χ2v) is 3.93. The summed E-state index contributed by atoms with van der Waals surface area (Å²) in [4.78, 5) is 11.2. The highest BCUT2D eigenvalue weighted by molar-refractivity contribution is 5.80. The molecule has 0 rings (SSSR count). The molecule has 0 radical (unpaired) electrons. The van der Waals surface area contributed by atoms with E-state index in [1.54, 1.807) is 7.11 Å². The quantitative estimate of drug-likeness (QED) is 0.552. The van der Waals surface area contributed by atoms with Gasteiger partial charge in [0.05, 0.1) is 6.61 Å². The Hall–Kier alpha value is -0.870. The van der Waals surface area contributed by atoms with E-state index < -0.39 is 6.04 Å². The lowest BCUT2D eigenvalue weighted by Crippen LogP contribution is -2.49. The number of primary amides is 1. The minimum Gasteiger partial charge on any atom is -0.383 e. The second kappa shape index (κ2) is 9.36. The summed E-state index contributed by atoms with van der Waals surface area (Å²) < 4.78 is 4.97. The molecule has 0 saturated heterocycles. The van der Waals surface area contributed by atoms with Gasteiger partial charge in [-0.25, -0.2) is 0 Å². The maximum absolute atomic E-state index is 11.2. The molecule has 2 unspecified atom stereocenters. The monoisotopic (exact) mass is 228 g/mol. The lowest BCUT2D eigenvalue weighted by Gasteiger charge is -2.22. The standard InChI is InChI=1S/C12H24N2O2/c1-4-6-8-10(7-5-2)14-11(9-16-3)12(13)15/h4,10-11,14H,1,5-9H2,2-3H3,(H2,13,15). The van der Waals surface area contributed by atoms with Crippen LogP contribution in [0.25, 0.3) is 0 Å². The zero-order valence-corrected chi connectivity index (χ0v) is 10.4. The first-order valence-electron chi connectivity index (χ1n) is 5.80. The molecule has 2 atom stereocenters. The topological polar surface area (TPSA) is 64.3 Å². The van der Waals surface area contributed by atoms with Gasteiger partial charge < -0.3 is 15.8 Å². The molecule has 1 amide bonds. The fourth-order valence-electron chi connectivity index (χ4n) is 1.64.